The molecule has 0 bridgehead atoms. The van der Waals surface area contributed by atoms with Crippen LogP contribution in [-0.2, 0) is 0 Å². The summed E-state index contributed by atoms with van der Waals surface area (Å²) in [6.07, 6.45) is 4.66. The standard InChI is InChI=1S/C19H23N5O/c1-13-20-17(19(25)23-15-4-5-15)12-18(21-13)22-14-6-8-16(9-7-14)24-10-2-3-11-24/h6-9,12,15H,2-5,10-11H2,1H3,(H,23,25)(H,20,21,22). The Balaban J connectivity index is 1.47. The van der Waals surface area contributed by atoms with Crippen LogP contribution in [0.2, 0.25) is 0 Å². The highest BCUT2D eigenvalue weighted by Crippen LogP contribution is 2.24. The van der Waals surface area contributed by atoms with Gasteiger partial charge in [-0.3, -0.25) is 4.79 Å². The summed E-state index contributed by atoms with van der Waals surface area (Å²) in [5, 5.41) is 6.24. The molecule has 0 unspecified atom stereocenters. The largest absolute Gasteiger partial charge is 0.372 e. The summed E-state index contributed by atoms with van der Waals surface area (Å²) in [4.78, 5) is 23.3. The number of rotatable bonds is 5. The predicted molar refractivity (Wildman–Crippen MR) is 98.4 cm³/mol. The first-order chi connectivity index (χ1) is 12.2. The lowest BCUT2D eigenvalue weighted by molar-refractivity contribution is 0.0945. The molecule has 2 aromatic rings. The number of benzene rings is 1. The first-order valence-corrected chi connectivity index (χ1v) is 8.96. The van der Waals surface area contributed by atoms with E-state index in [1.807, 2.05) is 0 Å². The van der Waals surface area contributed by atoms with Crippen LogP contribution in [0.25, 0.3) is 0 Å². The summed E-state index contributed by atoms with van der Waals surface area (Å²) in [7, 11) is 0. The van der Waals surface area contributed by atoms with Crippen LogP contribution in [-0.4, -0.2) is 35.0 Å². The SMILES string of the molecule is Cc1nc(Nc2ccc(N3CCCC3)cc2)cc(C(=O)NC2CC2)n1. The van der Waals surface area contributed by atoms with Gasteiger partial charge in [0.25, 0.3) is 5.91 Å². The van der Waals surface area contributed by atoms with E-state index in [0.29, 0.717) is 23.4 Å². The van der Waals surface area contributed by atoms with Gasteiger partial charge in [-0.1, -0.05) is 0 Å². The maximum absolute atomic E-state index is 12.2. The van der Waals surface area contributed by atoms with E-state index in [4.69, 9.17) is 0 Å². The van der Waals surface area contributed by atoms with Crippen molar-refractivity contribution in [3.8, 4) is 0 Å². The van der Waals surface area contributed by atoms with Crippen molar-refractivity contribution in [2.45, 2.75) is 38.6 Å². The summed E-state index contributed by atoms with van der Waals surface area (Å²) in [5.74, 6) is 1.10. The second-order valence-corrected chi connectivity index (χ2v) is 6.80. The minimum Gasteiger partial charge on any atom is -0.372 e. The van der Waals surface area contributed by atoms with Crippen LogP contribution in [0, 0.1) is 6.92 Å². The van der Waals surface area contributed by atoms with Gasteiger partial charge in [-0.2, -0.15) is 0 Å². The van der Waals surface area contributed by atoms with Crippen LogP contribution >= 0.6 is 0 Å². The maximum atomic E-state index is 12.2. The smallest absolute Gasteiger partial charge is 0.270 e. The van der Waals surface area contributed by atoms with E-state index in [0.717, 1.165) is 31.6 Å². The molecule has 4 rings (SSSR count). The van der Waals surface area contributed by atoms with E-state index < -0.39 is 0 Å². The van der Waals surface area contributed by atoms with Gasteiger partial charge in [-0.15, -0.1) is 0 Å². The van der Waals surface area contributed by atoms with E-state index in [2.05, 4.69) is 49.8 Å². The fraction of sp³-hybridized carbons (Fsp3) is 0.421. The number of aryl methyl sites for hydroxylation is 1. The zero-order chi connectivity index (χ0) is 17.2. The lowest BCUT2D eigenvalue weighted by Crippen LogP contribution is -2.26. The molecule has 2 aliphatic rings. The number of carbonyl (C=O) groups excluding carboxylic acids is 1. The van der Waals surface area contributed by atoms with Gasteiger partial charge in [0, 0.05) is 36.6 Å². The highest BCUT2D eigenvalue weighted by molar-refractivity contribution is 5.93. The average molecular weight is 337 g/mol. The second kappa shape index (κ2) is 6.70. The average Bonchev–Trinajstić information content (AvgIpc) is 3.24. The third-order valence-electron chi connectivity index (χ3n) is 4.59. The highest BCUT2D eigenvalue weighted by Gasteiger charge is 2.24. The lowest BCUT2D eigenvalue weighted by atomic mass is 10.2. The van der Waals surface area contributed by atoms with Crippen LogP contribution in [0.15, 0.2) is 30.3 Å². The monoisotopic (exact) mass is 337 g/mol. The molecule has 6 heteroatoms. The van der Waals surface area contributed by atoms with Gasteiger partial charge >= 0.3 is 0 Å². The van der Waals surface area contributed by atoms with Crippen molar-refractivity contribution in [1.82, 2.24) is 15.3 Å². The van der Waals surface area contributed by atoms with Gasteiger partial charge in [0.1, 0.15) is 17.3 Å². The normalized spacial score (nSPS) is 16.8. The minimum absolute atomic E-state index is 0.125. The molecule has 1 aromatic carbocycles. The molecular formula is C19H23N5O. The van der Waals surface area contributed by atoms with Crippen LogP contribution in [0.5, 0.6) is 0 Å². The van der Waals surface area contributed by atoms with E-state index in [-0.39, 0.29) is 5.91 Å². The van der Waals surface area contributed by atoms with E-state index in [1.165, 1.54) is 18.5 Å². The number of nitrogens with one attached hydrogen (secondary N) is 2. The van der Waals surface area contributed by atoms with E-state index in [1.54, 1.807) is 13.0 Å². The van der Waals surface area contributed by atoms with Crippen LogP contribution in [0.1, 0.15) is 42.0 Å². The molecule has 0 radical (unpaired) electrons. The Hall–Kier alpha value is -2.63. The number of hydrogen-bond acceptors (Lipinski definition) is 5. The summed E-state index contributed by atoms with van der Waals surface area (Å²) >= 11 is 0. The first-order valence-electron chi connectivity index (χ1n) is 8.96. The Bertz CT molecular complexity index is 764. The Labute approximate surface area is 147 Å². The predicted octanol–water partition coefficient (Wildman–Crippen LogP) is 3.02. The fourth-order valence-electron chi connectivity index (χ4n) is 3.11. The topological polar surface area (TPSA) is 70.2 Å². The van der Waals surface area contributed by atoms with Gasteiger partial charge in [0.15, 0.2) is 0 Å². The molecule has 130 valence electrons. The number of nitrogens with zero attached hydrogens (tertiary/aromatic N) is 3. The summed E-state index contributed by atoms with van der Waals surface area (Å²) < 4.78 is 0. The van der Waals surface area contributed by atoms with Gasteiger partial charge in [-0.25, -0.2) is 9.97 Å². The van der Waals surface area contributed by atoms with E-state index >= 15 is 0 Å². The van der Waals surface area contributed by atoms with Crippen LogP contribution in [0.4, 0.5) is 17.2 Å². The van der Waals surface area contributed by atoms with Crippen molar-refractivity contribution in [1.29, 1.82) is 0 Å². The Morgan fingerprint density at radius 3 is 2.52 bits per heavy atom. The highest BCUT2D eigenvalue weighted by atomic mass is 16.2. The second-order valence-electron chi connectivity index (χ2n) is 6.80. The van der Waals surface area contributed by atoms with Crippen molar-refractivity contribution in [3.63, 3.8) is 0 Å². The molecule has 2 fully saturated rings. The molecule has 1 amide bonds. The molecule has 0 atom stereocenters. The van der Waals surface area contributed by atoms with Crippen molar-refractivity contribution in [3.05, 3.63) is 41.9 Å². The number of amides is 1. The van der Waals surface area contributed by atoms with Gasteiger partial charge in [-0.05, 0) is 56.9 Å². The summed E-state index contributed by atoms with van der Waals surface area (Å²) in [5.41, 5.74) is 2.62. The summed E-state index contributed by atoms with van der Waals surface area (Å²) in [6, 6.07) is 10.4. The van der Waals surface area contributed by atoms with Crippen molar-refractivity contribution in [2.75, 3.05) is 23.3 Å². The molecule has 1 saturated heterocycles. The van der Waals surface area contributed by atoms with E-state index in [9.17, 15) is 4.79 Å². The zero-order valence-corrected chi connectivity index (χ0v) is 14.5. The number of aromatic nitrogens is 2. The molecule has 25 heavy (non-hydrogen) atoms. The number of carbonyl (C=O) groups is 1. The molecule has 2 N–H and O–H groups in total. The van der Waals surface area contributed by atoms with Gasteiger partial charge in [0.2, 0.25) is 0 Å². The Kier molecular flexibility index (Phi) is 4.26. The molecule has 1 saturated carbocycles. The van der Waals surface area contributed by atoms with Crippen molar-refractivity contribution in [2.24, 2.45) is 0 Å². The van der Waals surface area contributed by atoms with Crippen molar-refractivity contribution >= 4 is 23.1 Å². The third-order valence-corrected chi connectivity index (χ3v) is 4.59. The molecule has 6 nitrogen and oxygen atoms in total. The fourth-order valence-corrected chi connectivity index (χ4v) is 3.11. The Morgan fingerprint density at radius 1 is 1.12 bits per heavy atom. The number of anilines is 3. The van der Waals surface area contributed by atoms with Crippen LogP contribution in [0.3, 0.4) is 0 Å². The molecule has 1 aromatic heterocycles. The molecule has 1 aliphatic heterocycles. The van der Waals surface area contributed by atoms with Crippen molar-refractivity contribution < 1.29 is 4.79 Å². The molecular weight excluding hydrogens is 314 g/mol. The first kappa shape index (κ1) is 15.9. The molecule has 1 aliphatic carbocycles. The zero-order valence-electron chi connectivity index (χ0n) is 14.5. The Morgan fingerprint density at radius 2 is 1.84 bits per heavy atom. The molecule has 0 spiro atoms. The lowest BCUT2D eigenvalue weighted by Gasteiger charge is -2.18. The van der Waals surface area contributed by atoms with Gasteiger partial charge in [0.05, 0.1) is 0 Å². The van der Waals surface area contributed by atoms with Crippen LogP contribution < -0.4 is 15.5 Å². The third kappa shape index (κ3) is 3.90. The van der Waals surface area contributed by atoms with Gasteiger partial charge < -0.3 is 15.5 Å². The molecule has 2 heterocycles. The minimum atomic E-state index is -0.125. The number of hydrogen-bond donors (Lipinski definition) is 2. The maximum Gasteiger partial charge on any atom is 0.270 e. The quantitative estimate of drug-likeness (QED) is 0.878. The summed E-state index contributed by atoms with van der Waals surface area (Å²) in [6.45, 7) is 4.07.